The number of rotatable bonds is 10. The van der Waals surface area contributed by atoms with Crippen LogP contribution in [-0.2, 0) is 24.1 Å². The smallest absolute Gasteiger partial charge is 0.218 e. The number of methoxy groups -OCH3 is 1. The summed E-state index contributed by atoms with van der Waals surface area (Å²) in [7, 11) is 3.40. The lowest BCUT2D eigenvalue weighted by Gasteiger charge is -2.13. The van der Waals surface area contributed by atoms with Gasteiger partial charge in [-0.25, -0.2) is 9.97 Å². The molecule has 0 radical (unpaired) electrons. The van der Waals surface area contributed by atoms with Crippen molar-refractivity contribution in [1.29, 1.82) is 0 Å². The Morgan fingerprint density at radius 2 is 2.15 bits per heavy atom. The van der Waals surface area contributed by atoms with E-state index >= 15 is 0 Å². The Morgan fingerprint density at radius 3 is 2.88 bits per heavy atom. The normalized spacial score (nSPS) is 11.4. The molecule has 0 unspecified atom stereocenters. The predicted molar refractivity (Wildman–Crippen MR) is 105 cm³/mol. The number of aryl methyl sites for hydroxylation is 1. The minimum Gasteiger partial charge on any atom is -0.475 e. The van der Waals surface area contributed by atoms with E-state index in [1.165, 1.54) is 4.88 Å². The standard InChI is InChI=1S/C18H27N5O2S/c1-4-15-13-22-16(26-15)7-9-21-18(19-2)23-12-14-6-5-8-20-17(14)25-11-10-24-3/h5-6,8,13H,4,7,9-12H2,1-3H3,(H2,19,21,23). The third-order valence-corrected chi connectivity index (χ3v) is 4.83. The number of guanidine groups is 1. The highest BCUT2D eigenvalue weighted by molar-refractivity contribution is 7.11. The van der Waals surface area contributed by atoms with E-state index in [-0.39, 0.29) is 0 Å². The number of nitrogens with one attached hydrogen (secondary N) is 2. The molecule has 0 aromatic carbocycles. The molecule has 26 heavy (non-hydrogen) atoms. The fourth-order valence-corrected chi connectivity index (χ4v) is 3.09. The second-order valence-corrected chi connectivity index (χ2v) is 6.69. The molecule has 0 atom stereocenters. The first-order chi connectivity index (χ1) is 12.8. The number of ether oxygens (including phenoxy) is 2. The van der Waals surface area contributed by atoms with Crippen molar-refractivity contribution in [3.05, 3.63) is 40.0 Å². The van der Waals surface area contributed by atoms with Gasteiger partial charge in [-0.05, 0) is 12.5 Å². The lowest BCUT2D eigenvalue weighted by molar-refractivity contribution is 0.143. The van der Waals surface area contributed by atoms with Gasteiger partial charge in [0.1, 0.15) is 6.61 Å². The first kappa shape index (κ1) is 20.1. The summed E-state index contributed by atoms with van der Waals surface area (Å²) in [6.07, 6.45) is 5.59. The topological polar surface area (TPSA) is 80.7 Å². The Hall–Kier alpha value is -2.19. The third-order valence-electron chi connectivity index (χ3n) is 3.63. The lowest BCUT2D eigenvalue weighted by atomic mass is 10.2. The molecule has 0 bridgehead atoms. The predicted octanol–water partition coefficient (Wildman–Crippen LogP) is 2.03. The summed E-state index contributed by atoms with van der Waals surface area (Å²) in [6.45, 7) is 4.50. The second kappa shape index (κ2) is 11.4. The van der Waals surface area contributed by atoms with E-state index in [0.717, 1.165) is 35.9 Å². The summed E-state index contributed by atoms with van der Waals surface area (Å²) < 4.78 is 10.7. The number of hydrogen-bond acceptors (Lipinski definition) is 6. The third kappa shape index (κ3) is 6.61. The van der Waals surface area contributed by atoms with Crippen LogP contribution in [0.4, 0.5) is 0 Å². The van der Waals surface area contributed by atoms with Crippen molar-refractivity contribution >= 4 is 17.3 Å². The van der Waals surface area contributed by atoms with Crippen LogP contribution in [0, 0.1) is 0 Å². The van der Waals surface area contributed by atoms with Gasteiger partial charge in [-0.15, -0.1) is 11.3 Å². The molecule has 2 aromatic heterocycles. The zero-order valence-corrected chi connectivity index (χ0v) is 16.4. The van der Waals surface area contributed by atoms with Gasteiger partial charge in [-0.1, -0.05) is 13.0 Å². The second-order valence-electron chi connectivity index (χ2n) is 5.49. The molecule has 2 N–H and O–H groups in total. The molecule has 8 heteroatoms. The van der Waals surface area contributed by atoms with Crippen LogP contribution in [0.25, 0.3) is 0 Å². The van der Waals surface area contributed by atoms with Gasteiger partial charge in [-0.3, -0.25) is 4.99 Å². The van der Waals surface area contributed by atoms with E-state index in [4.69, 9.17) is 9.47 Å². The molecule has 0 saturated carbocycles. The molecule has 2 aromatic rings. The Bertz CT molecular complexity index is 690. The molecule has 0 fully saturated rings. The molecular weight excluding hydrogens is 350 g/mol. The molecule has 0 aliphatic carbocycles. The summed E-state index contributed by atoms with van der Waals surface area (Å²) in [4.78, 5) is 14.3. The van der Waals surface area contributed by atoms with Gasteiger partial charge in [-0.2, -0.15) is 0 Å². The zero-order valence-electron chi connectivity index (χ0n) is 15.6. The average Bonchev–Trinajstić information content (AvgIpc) is 3.13. The van der Waals surface area contributed by atoms with Crippen molar-refractivity contribution in [2.24, 2.45) is 4.99 Å². The van der Waals surface area contributed by atoms with Gasteiger partial charge in [0, 0.05) is 56.5 Å². The maximum atomic E-state index is 5.65. The summed E-state index contributed by atoms with van der Waals surface area (Å²) in [5, 5.41) is 7.75. The number of aromatic nitrogens is 2. The van der Waals surface area contributed by atoms with Gasteiger partial charge in [0.25, 0.3) is 0 Å². The molecule has 0 saturated heterocycles. The molecule has 2 heterocycles. The van der Waals surface area contributed by atoms with Gasteiger partial charge in [0.05, 0.1) is 11.6 Å². The minimum absolute atomic E-state index is 0.473. The molecule has 142 valence electrons. The molecule has 2 rings (SSSR count). The van der Waals surface area contributed by atoms with Gasteiger partial charge in [0.15, 0.2) is 5.96 Å². The monoisotopic (exact) mass is 377 g/mol. The summed E-state index contributed by atoms with van der Waals surface area (Å²) in [6, 6.07) is 3.88. The number of thiazole rings is 1. The fraction of sp³-hybridized carbons (Fsp3) is 0.500. The number of hydrogen-bond donors (Lipinski definition) is 2. The summed E-state index contributed by atoms with van der Waals surface area (Å²) >= 11 is 1.77. The van der Waals surface area contributed by atoms with Gasteiger partial charge in [0.2, 0.25) is 5.88 Å². The van der Waals surface area contributed by atoms with Crippen molar-refractivity contribution in [2.75, 3.05) is 33.9 Å². The van der Waals surface area contributed by atoms with Crippen LogP contribution in [0.1, 0.15) is 22.4 Å². The number of pyridine rings is 1. The van der Waals surface area contributed by atoms with Crippen molar-refractivity contribution in [3.63, 3.8) is 0 Å². The quantitative estimate of drug-likeness (QED) is 0.375. The van der Waals surface area contributed by atoms with Crippen molar-refractivity contribution in [1.82, 2.24) is 20.6 Å². The number of aliphatic imine (C=N–C) groups is 1. The van der Waals surface area contributed by atoms with Crippen LogP contribution in [0.3, 0.4) is 0 Å². The average molecular weight is 378 g/mol. The Kier molecular flexibility index (Phi) is 8.85. The maximum Gasteiger partial charge on any atom is 0.218 e. The zero-order chi connectivity index (χ0) is 18.6. The van der Waals surface area contributed by atoms with E-state index < -0.39 is 0 Å². The van der Waals surface area contributed by atoms with Crippen molar-refractivity contribution in [2.45, 2.75) is 26.3 Å². The Morgan fingerprint density at radius 1 is 1.27 bits per heavy atom. The molecule has 0 spiro atoms. The Labute approximate surface area is 158 Å². The molecule has 0 aliphatic heterocycles. The highest BCUT2D eigenvalue weighted by atomic mass is 32.1. The molecule has 0 amide bonds. The molecule has 7 nitrogen and oxygen atoms in total. The maximum absolute atomic E-state index is 5.65. The highest BCUT2D eigenvalue weighted by Gasteiger charge is 2.06. The van der Waals surface area contributed by atoms with Gasteiger partial charge >= 0.3 is 0 Å². The first-order valence-electron chi connectivity index (χ1n) is 8.70. The van der Waals surface area contributed by atoms with Crippen LogP contribution < -0.4 is 15.4 Å². The Balaban J connectivity index is 1.79. The largest absolute Gasteiger partial charge is 0.475 e. The van der Waals surface area contributed by atoms with Crippen molar-refractivity contribution in [3.8, 4) is 5.88 Å². The van der Waals surface area contributed by atoms with E-state index in [9.17, 15) is 0 Å². The lowest BCUT2D eigenvalue weighted by Crippen LogP contribution is -2.38. The van der Waals surface area contributed by atoms with Crippen LogP contribution in [0.15, 0.2) is 29.5 Å². The van der Waals surface area contributed by atoms with Gasteiger partial charge < -0.3 is 20.1 Å². The first-order valence-corrected chi connectivity index (χ1v) is 9.52. The summed E-state index contributed by atoms with van der Waals surface area (Å²) in [5.74, 6) is 1.35. The fourth-order valence-electron chi connectivity index (χ4n) is 2.22. The van der Waals surface area contributed by atoms with Crippen LogP contribution in [-0.4, -0.2) is 49.8 Å². The minimum atomic E-state index is 0.473. The van der Waals surface area contributed by atoms with E-state index in [2.05, 4.69) is 32.5 Å². The number of nitrogens with zero attached hydrogens (tertiary/aromatic N) is 3. The van der Waals surface area contributed by atoms with Crippen LogP contribution in [0.2, 0.25) is 0 Å². The van der Waals surface area contributed by atoms with Crippen LogP contribution >= 0.6 is 11.3 Å². The summed E-state index contributed by atoms with van der Waals surface area (Å²) in [5.41, 5.74) is 0.971. The van der Waals surface area contributed by atoms with Crippen molar-refractivity contribution < 1.29 is 9.47 Å². The molecule has 0 aliphatic rings. The molecular formula is C18H27N5O2S. The van der Waals surface area contributed by atoms with E-state index in [0.29, 0.717) is 25.6 Å². The highest BCUT2D eigenvalue weighted by Crippen LogP contribution is 2.14. The van der Waals surface area contributed by atoms with E-state index in [1.54, 1.807) is 31.7 Å². The van der Waals surface area contributed by atoms with E-state index in [1.807, 2.05) is 18.3 Å². The van der Waals surface area contributed by atoms with Crippen LogP contribution in [0.5, 0.6) is 5.88 Å². The SMILES string of the molecule is CCc1cnc(CCNC(=NC)NCc2cccnc2OCCOC)s1.